The summed E-state index contributed by atoms with van der Waals surface area (Å²) >= 11 is 0. The molecule has 108 valence electrons. The molecule has 5 nitrogen and oxygen atoms in total. The van der Waals surface area contributed by atoms with Crippen molar-refractivity contribution >= 4 is 12.4 Å². The summed E-state index contributed by atoms with van der Waals surface area (Å²) in [5, 5.41) is 2.33. The van der Waals surface area contributed by atoms with Gasteiger partial charge >= 0.3 is 5.97 Å². The minimum atomic E-state index is -0.632. The molecule has 0 fully saturated rings. The summed E-state index contributed by atoms with van der Waals surface area (Å²) in [5.41, 5.74) is 0. The van der Waals surface area contributed by atoms with E-state index in [1.807, 2.05) is 13.8 Å². The third kappa shape index (κ3) is 13.0. The summed E-state index contributed by atoms with van der Waals surface area (Å²) in [6.07, 6.45) is 3.69. The molecule has 0 aliphatic carbocycles. The van der Waals surface area contributed by atoms with E-state index in [9.17, 15) is 9.59 Å². The molecule has 0 aliphatic heterocycles. The Kier molecular flexibility index (Phi) is 13.2. The molecule has 0 spiro atoms. The normalized spacial score (nSPS) is 11.6. The Hall–Kier alpha value is -1.10. The van der Waals surface area contributed by atoms with Crippen molar-refractivity contribution in [3.05, 3.63) is 0 Å². The highest BCUT2D eigenvalue weighted by Crippen LogP contribution is 2.04. The largest absolute Gasteiger partial charge is 0.372 e. The van der Waals surface area contributed by atoms with E-state index in [1.165, 1.54) is 12.8 Å². The predicted octanol–water partition coefficient (Wildman–Crippen LogP) is 2.01. The number of carbonyl (C=O) groups excluding carboxylic acids is 2. The molecule has 1 unspecified atom stereocenters. The fraction of sp³-hybridized carbons (Fsp3) is 0.846. The van der Waals surface area contributed by atoms with Crippen LogP contribution in [0.2, 0.25) is 0 Å². The van der Waals surface area contributed by atoms with E-state index in [1.54, 1.807) is 0 Å². The van der Waals surface area contributed by atoms with Crippen LogP contribution in [0.15, 0.2) is 0 Å². The van der Waals surface area contributed by atoms with Crippen molar-refractivity contribution in [1.29, 1.82) is 0 Å². The summed E-state index contributed by atoms with van der Waals surface area (Å²) in [6.45, 7) is 10.6. The molecule has 0 saturated carbocycles. The Morgan fingerprint density at radius 1 is 1.28 bits per heavy atom. The molecule has 0 aromatic heterocycles. The van der Waals surface area contributed by atoms with Gasteiger partial charge in [0.25, 0.3) is 0 Å². The average molecular weight is 260 g/mol. The predicted molar refractivity (Wildman–Crippen MR) is 72.5 cm³/mol. The fourth-order valence-corrected chi connectivity index (χ4v) is 1.45. The van der Waals surface area contributed by atoms with Gasteiger partial charge in [-0.1, -0.05) is 47.5 Å². The lowest BCUT2D eigenvalue weighted by atomic mass is 10.0. The maximum absolute atomic E-state index is 10.9. The molecule has 0 aromatic carbocycles. The number of nitrogens with one attached hydrogen (secondary N) is 1. The van der Waals surface area contributed by atoms with Crippen LogP contribution >= 0.6 is 0 Å². The Labute approximate surface area is 110 Å². The standard InChI is InChI=1S/C7H14N2O3.C6H14/c1-5(2)3-6(9-4-10)7(11)12-8;1-4-5-6(2)3/h4-6H,3,8H2,1-2H3,(H,9,10);6H,4-5H2,1-3H3. The second-order valence-electron chi connectivity index (χ2n) is 5.09. The lowest BCUT2D eigenvalue weighted by molar-refractivity contribution is -0.148. The van der Waals surface area contributed by atoms with Crippen molar-refractivity contribution in [2.24, 2.45) is 17.7 Å². The second-order valence-corrected chi connectivity index (χ2v) is 5.09. The highest BCUT2D eigenvalue weighted by Gasteiger charge is 2.19. The number of carbonyl (C=O) groups is 2. The molecule has 5 heteroatoms. The van der Waals surface area contributed by atoms with Gasteiger partial charge in [-0.15, -0.1) is 0 Å². The van der Waals surface area contributed by atoms with Gasteiger partial charge in [0.1, 0.15) is 6.04 Å². The smallest absolute Gasteiger partial charge is 0.347 e. The average Bonchev–Trinajstić information content (AvgIpc) is 2.27. The highest BCUT2D eigenvalue weighted by molar-refractivity contribution is 5.77. The first-order valence-corrected chi connectivity index (χ1v) is 6.49. The third-order valence-corrected chi connectivity index (χ3v) is 2.24. The quantitative estimate of drug-likeness (QED) is 0.542. The maximum Gasteiger partial charge on any atom is 0.347 e. The zero-order chi connectivity index (χ0) is 14.6. The Balaban J connectivity index is 0. The van der Waals surface area contributed by atoms with Crippen molar-refractivity contribution in [3.63, 3.8) is 0 Å². The second kappa shape index (κ2) is 12.4. The van der Waals surface area contributed by atoms with Gasteiger partial charge in [0, 0.05) is 0 Å². The first kappa shape index (κ1) is 19.2. The van der Waals surface area contributed by atoms with Crippen LogP contribution in [-0.4, -0.2) is 18.4 Å². The van der Waals surface area contributed by atoms with Gasteiger partial charge in [-0.05, 0) is 18.3 Å². The van der Waals surface area contributed by atoms with Crippen molar-refractivity contribution in [2.75, 3.05) is 0 Å². The van der Waals surface area contributed by atoms with Crippen LogP contribution in [0.5, 0.6) is 0 Å². The number of hydrogen-bond acceptors (Lipinski definition) is 4. The molecular formula is C13H28N2O3. The fourth-order valence-electron chi connectivity index (χ4n) is 1.45. The van der Waals surface area contributed by atoms with Crippen LogP contribution in [0.4, 0.5) is 0 Å². The summed E-state index contributed by atoms with van der Waals surface area (Å²) in [5.74, 6) is 5.25. The SMILES string of the molecule is CC(C)CC(NC=O)C(=O)ON.CCCC(C)C. The van der Waals surface area contributed by atoms with E-state index >= 15 is 0 Å². The van der Waals surface area contributed by atoms with E-state index in [0.29, 0.717) is 18.7 Å². The molecule has 3 N–H and O–H groups in total. The van der Waals surface area contributed by atoms with E-state index in [4.69, 9.17) is 0 Å². The van der Waals surface area contributed by atoms with E-state index in [-0.39, 0.29) is 0 Å². The zero-order valence-corrected chi connectivity index (χ0v) is 12.2. The summed E-state index contributed by atoms with van der Waals surface area (Å²) in [7, 11) is 0. The van der Waals surface area contributed by atoms with Gasteiger partial charge in [-0.3, -0.25) is 4.79 Å². The van der Waals surface area contributed by atoms with Crippen LogP contribution in [0.3, 0.4) is 0 Å². The lowest BCUT2D eigenvalue weighted by Gasteiger charge is -2.14. The lowest BCUT2D eigenvalue weighted by Crippen LogP contribution is -2.39. The van der Waals surface area contributed by atoms with Crippen molar-refractivity contribution in [2.45, 2.75) is 59.9 Å². The molecule has 0 rings (SSSR count). The van der Waals surface area contributed by atoms with Gasteiger partial charge in [-0.25, -0.2) is 4.79 Å². The topological polar surface area (TPSA) is 81.4 Å². The molecule has 0 saturated heterocycles. The van der Waals surface area contributed by atoms with Crippen LogP contribution in [0.25, 0.3) is 0 Å². The minimum absolute atomic E-state index is 0.293. The van der Waals surface area contributed by atoms with Gasteiger partial charge in [0.2, 0.25) is 6.41 Å². The van der Waals surface area contributed by atoms with Crippen LogP contribution in [-0.2, 0) is 14.4 Å². The van der Waals surface area contributed by atoms with Gasteiger partial charge in [-0.2, -0.15) is 5.90 Å². The summed E-state index contributed by atoms with van der Waals surface area (Å²) in [4.78, 5) is 24.9. The molecular weight excluding hydrogens is 232 g/mol. The van der Waals surface area contributed by atoms with Crippen LogP contribution in [0, 0.1) is 11.8 Å². The molecule has 0 aliphatic rings. The van der Waals surface area contributed by atoms with E-state index in [2.05, 4.69) is 36.8 Å². The molecule has 0 heterocycles. The van der Waals surface area contributed by atoms with Crippen molar-refractivity contribution in [3.8, 4) is 0 Å². The van der Waals surface area contributed by atoms with Crippen molar-refractivity contribution in [1.82, 2.24) is 5.32 Å². The monoisotopic (exact) mass is 260 g/mol. The summed E-state index contributed by atoms with van der Waals surface area (Å²) < 4.78 is 0. The van der Waals surface area contributed by atoms with E-state index in [0.717, 1.165) is 5.92 Å². The maximum atomic E-state index is 10.9. The first-order valence-electron chi connectivity index (χ1n) is 6.49. The van der Waals surface area contributed by atoms with Crippen LogP contribution < -0.4 is 11.2 Å². The number of amides is 1. The molecule has 0 aromatic rings. The van der Waals surface area contributed by atoms with Crippen LogP contribution in [0.1, 0.15) is 53.9 Å². The molecule has 18 heavy (non-hydrogen) atoms. The molecule has 0 bridgehead atoms. The van der Waals surface area contributed by atoms with Gasteiger partial charge in [0.15, 0.2) is 0 Å². The highest BCUT2D eigenvalue weighted by atomic mass is 16.7. The Morgan fingerprint density at radius 2 is 1.83 bits per heavy atom. The van der Waals surface area contributed by atoms with Gasteiger partial charge in [0.05, 0.1) is 0 Å². The first-order chi connectivity index (χ1) is 8.38. The number of hydrogen-bond donors (Lipinski definition) is 2. The molecule has 1 amide bonds. The Morgan fingerprint density at radius 3 is 2.06 bits per heavy atom. The summed E-state index contributed by atoms with van der Waals surface area (Å²) in [6, 6.07) is -0.632. The molecule has 0 radical (unpaired) electrons. The Bertz CT molecular complexity index is 218. The zero-order valence-electron chi connectivity index (χ0n) is 12.2. The third-order valence-electron chi connectivity index (χ3n) is 2.24. The van der Waals surface area contributed by atoms with Gasteiger partial charge < -0.3 is 10.2 Å². The molecule has 1 atom stereocenters. The minimum Gasteiger partial charge on any atom is -0.372 e. The number of rotatable bonds is 7. The van der Waals surface area contributed by atoms with E-state index < -0.39 is 12.0 Å². The number of nitrogens with two attached hydrogens (primary N) is 1. The van der Waals surface area contributed by atoms with Crippen molar-refractivity contribution < 1.29 is 14.4 Å².